The van der Waals surface area contributed by atoms with Gasteiger partial charge in [0.1, 0.15) is 0 Å². The van der Waals surface area contributed by atoms with Crippen molar-refractivity contribution in [2.45, 2.75) is 34.1 Å². The molecule has 0 fully saturated rings. The fourth-order valence-electron chi connectivity index (χ4n) is 5.28. The van der Waals surface area contributed by atoms with Crippen LogP contribution in [-0.4, -0.2) is 29.4 Å². The van der Waals surface area contributed by atoms with Gasteiger partial charge >= 0.3 is 98.9 Å². The van der Waals surface area contributed by atoms with E-state index in [9.17, 15) is 0 Å². The van der Waals surface area contributed by atoms with Crippen LogP contribution in [0.5, 0.6) is 0 Å². The number of benzene rings is 4. The number of nitrogens with zero attached hydrogens (tertiary/aromatic N) is 2. The summed E-state index contributed by atoms with van der Waals surface area (Å²) in [6, 6.07) is 37.3. The Balaban J connectivity index is 0.000000179. The van der Waals surface area contributed by atoms with Crippen LogP contribution in [0.15, 0.2) is 121 Å². The van der Waals surface area contributed by atoms with Gasteiger partial charge in [-0.25, -0.2) is 12.2 Å². The summed E-state index contributed by atoms with van der Waals surface area (Å²) in [4.78, 5) is 4.80. The first-order valence-electron chi connectivity index (χ1n) is 15.1. The summed E-state index contributed by atoms with van der Waals surface area (Å²) in [5.41, 5.74) is 5.35. The molecule has 212 valence electrons. The summed E-state index contributed by atoms with van der Waals surface area (Å²) < 4.78 is 1.46. The van der Waals surface area contributed by atoms with Gasteiger partial charge in [0.2, 0.25) is 0 Å². The number of allylic oxidation sites excluding steroid dienone is 4. The zero-order valence-electron chi connectivity index (χ0n) is 25.5. The average molecular weight is 717 g/mol. The topological polar surface area (TPSA) is 6.48 Å². The third-order valence-corrected chi connectivity index (χ3v) is 9.71. The Bertz CT molecular complexity index is 1490. The Hall–Kier alpha value is -3.43. The molecule has 3 heteroatoms. The molecule has 1 aliphatic rings. The van der Waals surface area contributed by atoms with E-state index in [1.165, 1.54) is 47.3 Å². The van der Waals surface area contributed by atoms with E-state index < -0.39 is 0 Å². The van der Waals surface area contributed by atoms with Crippen molar-refractivity contribution in [3.8, 4) is 0 Å². The van der Waals surface area contributed by atoms with E-state index in [1.807, 2.05) is 12.2 Å². The Kier molecular flexibility index (Phi) is 12.2. The van der Waals surface area contributed by atoms with E-state index in [2.05, 4.69) is 153 Å². The van der Waals surface area contributed by atoms with Gasteiger partial charge in [0, 0.05) is 37.6 Å². The molecule has 0 N–H and O–H groups in total. The number of fused-ring (bicyclic) bond motifs is 3. The summed E-state index contributed by atoms with van der Waals surface area (Å²) in [5, 5.41) is 5.42. The van der Waals surface area contributed by atoms with E-state index in [1.54, 1.807) is 0 Å². The molecule has 42 heavy (non-hydrogen) atoms. The van der Waals surface area contributed by atoms with Crippen molar-refractivity contribution in [3.05, 3.63) is 139 Å². The summed E-state index contributed by atoms with van der Waals surface area (Å²) in [7, 11) is 0. The second kappa shape index (κ2) is 16.3. The standard InChI is InChI=1S/C21H27N2.C13H10.C5H5.Hf/c1-5-22(6-2)18-9-11-20-16(14-18)13-17-15-19(10-12-21(17)20)23(7-3)8-4;1-3-7-12(8-4-1)11-13-9-5-2-6-10-13;1-2-4-5-3-1;/h9-15H,5-8H2,1-4H3;1-10H;1-3H,4H2;/q-1;;-1;+2. The first-order valence-corrected chi connectivity index (χ1v) is 16.9. The molecule has 6 rings (SSSR count). The average Bonchev–Trinajstić information content (AvgIpc) is 3.75. The molecule has 5 aromatic rings. The monoisotopic (exact) mass is 718 g/mol. The fraction of sp³-hybridized carbons (Fsp3) is 0.231. The molecule has 1 aliphatic carbocycles. The second-order valence-electron chi connectivity index (χ2n) is 10.1. The number of rotatable bonds is 8. The molecular formula is C39H42HfN2. The van der Waals surface area contributed by atoms with Crippen LogP contribution in [0.25, 0.3) is 21.5 Å². The van der Waals surface area contributed by atoms with Crippen molar-refractivity contribution < 1.29 is 23.9 Å². The Morgan fingerprint density at radius 3 is 1.45 bits per heavy atom. The third-order valence-electron chi connectivity index (χ3n) is 7.64. The Morgan fingerprint density at radius 1 is 0.667 bits per heavy atom. The molecule has 0 radical (unpaired) electrons. The Morgan fingerprint density at radius 2 is 1.12 bits per heavy atom. The van der Waals surface area contributed by atoms with Gasteiger partial charge in [-0.2, -0.15) is 6.08 Å². The van der Waals surface area contributed by atoms with Gasteiger partial charge in [0.15, 0.2) is 0 Å². The van der Waals surface area contributed by atoms with Crippen LogP contribution < -0.4 is 9.80 Å². The summed E-state index contributed by atoms with van der Waals surface area (Å²) in [6.45, 7) is 13.1. The zero-order chi connectivity index (χ0) is 29.7. The van der Waals surface area contributed by atoms with Crippen LogP contribution in [0.3, 0.4) is 0 Å². The van der Waals surface area contributed by atoms with Crippen molar-refractivity contribution in [2.24, 2.45) is 0 Å². The summed E-state index contributed by atoms with van der Waals surface area (Å²) in [5.74, 6) is 0. The number of hydrogen-bond acceptors (Lipinski definition) is 2. The van der Waals surface area contributed by atoms with Crippen LogP contribution in [0.2, 0.25) is 0 Å². The first-order chi connectivity index (χ1) is 20.6. The van der Waals surface area contributed by atoms with Gasteiger partial charge < -0.3 is 9.80 Å². The zero-order valence-corrected chi connectivity index (χ0v) is 29.1. The first kappa shape index (κ1) is 31.5. The molecular weight excluding hydrogens is 675 g/mol. The van der Waals surface area contributed by atoms with Crippen LogP contribution in [-0.2, 0) is 23.9 Å². The van der Waals surface area contributed by atoms with E-state index in [-0.39, 0.29) is 0 Å². The van der Waals surface area contributed by atoms with Gasteiger partial charge in [-0.3, -0.25) is 6.08 Å². The van der Waals surface area contributed by atoms with E-state index in [4.69, 9.17) is 0 Å². The predicted octanol–water partition coefficient (Wildman–Crippen LogP) is 9.51. The van der Waals surface area contributed by atoms with Crippen molar-refractivity contribution >= 4 is 36.2 Å². The quantitative estimate of drug-likeness (QED) is 0.117. The van der Waals surface area contributed by atoms with Gasteiger partial charge in [-0.1, -0.05) is 36.4 Å². The van der Waals surface area contributed by atoms with Crippen molar-refractivity contribution in [1.29, 1.82) is 0 Å². The number of hydrogen-bond donors (Lipinski definition) is 0. The SMILES string of the molecule is CCN(CC)c1ccc2c(c1)[cH-]c1cc(N(CC)CC)ccc12.[C-]1=CC=CC1.[Hf+2]=[C](c1ccccc1)c1ccccc1. The molecule has 0 atom stereocenters. The minimum atomic E-state index is 1.01. The summed E-state index contributed by atoms with van der Waals surface area (Å²) >= 11 is 1.08. The van der Waals surface area contributed by atoms with Crippen molar-refractivity contribution in [3.63, 3.8) is 0 Å². The van der Waals surface area contributed by atoms with Gasteiger partial charge in [0.25, 0.3) is 0 Å². The maximum atomic E-state index is 2.99. The second-order valence-corrected chi connectivity index (χ2v) is 11.9. The van der Waals surface area contributed by atoms with Gasteiger partial charge in [-0.05, 0) is 27.7 Å². The maximum absolute atomic E-state index is 2.99. The van der Waals surface area contributed by atoms with Gasteiger partial charge in [0.05, 0.1) is 0 Å². The molecule has 0 unspecified atom stereocenters. The normalized spacial score (nSPS) is 11.6. The van der Waals surface area contributed by atoms with Gasteiger partial charge in [-0.15, -0.1) is 34.0 Å². The van der Waals surface area contributed by atoms with E-state index in [0.29, 0.717) is 0 Å². The van der Waals surface area contributed by atoms with Crippen LogP contribution in [0.1, 0.15) is 45.2 Å². The van der Waals surface area contributed by atoms with E-state index >= 15 is 0 Å². The minimum absolute atomic E-state index is 1.01. The van der Waals surface area contributed by atoms with Crippen molar-refractivity contribution in [1.82, 2.24) is 0 Å². The molecule has 5 aromatic carbocycles. The molecule has 0 saturated heterocycles. The van der Waals surface area contributed by atoms with E-state index in [0.717, 1.165) is 56.5 Å². The van der Waals surface area contributed by atoms with Crippen LogP contribution in [0, 0.1) is 6.08 Å². The Labute approximate surface area is 267 Å². The summed E-state index contributed by atoms with van der Waals surface area (Å²) in [6.07, 6.45) is 10.0. The third kappa shape index (κ3) is 8.10. The molecule has 0 saturated carbocycles. The molecule has 0 spiro atoms. The van der Waals surface area contributed by atoms with Crippen molar-refractivity contribution in [2.75, 3.05) is 36.0 Å². The molecule has 0 aromatic heterocycles. The van der Waals surface area contributed by atoms with Crippen LogP contribution in [0.4, 0.5) is 11.4 Å². The van der Waals surface area contributed by atoms with Crippen LogP contribution >= 0.6 is 0 Å². The molecule has 0 heterocycles. The number of anilines is 2. The fourth-order valence-corrected chi connectivity index (χ4v) is 6.48. The molecule has 0 bridgehead atoms. The molecule has 0 amide bonds. The molecule has 2 nitrogen and oxygen atoms in total. The predicted molar refractivity (Wildman–Crippen MR) is 182 cm³/mol. The molecule has 0 aliphatic heterocycles.